The molecule has 7 heteroatoms. The highest BCUT2D eigenvalue weighted by molar-refractivity contribution is 7.91. The third-order valence-corrected chi connectivity index (χ3v) is 6.96. The van der Waals surface area contributed by atoms with E-state index in [2.05, 4.69) is 4.72 Å². The molecule has 2 fully saturated rings. The van der Waals surface area contributed by atoms with Crippen molar-refractivity contribution in [3.05, 3.63) is 17.0 Å². The van der Waals surface area contributed by atoms with Crippen LogP contribution in [0.1, 0.15) is 31.1 Å². The highest BCUT2D eigenvalue weighted by atomic mass is 32.2. The third kappa shape index (κ3) is 2.75. The van der Waals surface area contributed by atoms with Crippen LogP contribution in [0.15, 0.2) is 16.3 Å². The van der Waals surface area contributed by atoms with Gasteiger partial charge < -0.3 is 4.90 Å². The average molecular weight is 314 g/mol. The number of carbonyl (C=O) groups is 1. The molecule has 0 radical (unpaired) electrons. The van der Waals surface area contributed by atoms with Crippen LogP contribution in [0, 0.1) is 0 Å². The first-order valence-corrected chi connectivity index (χ1v) is 9.20. The molecule has 1 atom stereocenters. The lowest BCUT2D eigenvalue weighted by molar-refractivity contribution is -0.128. The van der Waals surface area contributed by atoms with Crippen LogP contribution >= 0.6 is 11.3 Å². The molecule has 1 aromatic rings. The number of sulfonamides is 1. The van der Waals surface area contributed by atoms with Gasteiger partial charge in [0.2, 0.25) is 15.9 Å². The first-order chi connectivity index (χ1) is 9.49. The number of hydrogen-bond donors (Lipinski definition) is 1. The van der Waals surface area contributed by atoms with Crippen molar-refractivity contribution in [2.24, 2.45) is 0 Å². The van der Waals surface area contributed by atoms with Gasteiger partial charge in [0.15, 0.2) is 0 Å². The zero-order valence-electron chi connectivity index (χ0n) is 11.3. The van der Waals surface area contributed by atoms with Crippen LogP contribution in [0.4, 0.5) is 0 Å². The minimum absolute atomic E-state index is 0.0700. The molecule has 1 aliphatic carbocycles. The van der Waals surface area contributed by atoms with E-state index in [1.54, 1.807) is 6.07 Å². The van der Waals surface area contributed by atoms with Crippen LogP contribution in [0.2, 0.25) is 0 Å². The fourth-order valence-electron chi connectivity index (χ4n) is 2.52. The Hall–Kier alpha value is -0.920. The summed E-state index contributed by atoms with van der Waals surface area (Å²) in [5, 5.41) is 0. The molecule has 1 N–H and O–H groups in total. The second-order valence-corrected chi connectivity index (χ2v) is 8.48. The van der Waals surface area contributed by atoms with Gasteiger partial charge in [-0.1, -0.05) is 6.92 Å². The van der Waals surface area contributed by atoms with E-state index in [-0.39, 0.29) is 18.4 Å². The second-order valence-electron chi connectivity index (χ2n) is 5.37. The minimum atomic E-state index is -3.50. The van der Waals surface area contributed by atoms with Gasteiger partial charge in [-0.3, -0.25) is 4.79 Å². The summed E-state index contributed by atoms with van der Waals surface area (Å²) in [4.78, 5) is 14.7. The lowest BCUT2D eigenvalue weighted by atomic mass is 10.3. The van der Waals surface area contributed by atoms with Crippen molar-refractivity contribution >= 4 is 27.3 Å². The molecule has 2 heterocycles. The summed E-state index contributed by atoms with van der Waals surface area (Å²) >= 11 is 1.29. The van der Waals surface area contributed by atoms with Gasteiger partial charge in [-0.25, -0.2) is 13.1 Å². The Labute approximate surface area is 123 Å². The number of amides is 1. The monoisotopic (exact) mass is 314 g/mol. The van der Waals surface area contributed by atoms with E-state index in [0.717, 1.165) is 24.1 Å². The zero-order valence-corrected chi connectivity index (χ0v) is 13.0. The van der Waals surface area contributed by atoms with Crippen LogP contribution < -0.4 is 4.72 Å². The molecule has 1 aromatic heterocycles. The van der Waals surface area contributed by atoms with Gasteiger partial charge in [0.05, 0.1) is 0 Å². The van der Waals surface area contributed by atoms with Crippen LogP contribution in [0.25, 0.3) is 0 Å². The van der Waals surface area contributed by atoms with Gasteiger partial charge in [-0.05, 0) is 31.4 Å². The number of thiophene rings is 1. The molecule has 1 saturated heterocycles. The molecule has 0 spiro atoms. The molecule has 20 heavy (non-hydrogen) atoms. The number of aryl methyl sites for hydroxylation is 1. The Morgan fingerprint density at radius 2 is 2.15 bits per heavy atom. The van der Waals surface area contributed by atoms with E-state index < -0.39 is 10.0 Å². The Kier molecular flexibility index (Phi) is 3.60. The standard InChI is InChI=1S/C13H18N2O3S2/c1-2-11-5-6-13(19-11)20(17,18)14-9-7-12(16)15(8-9)10-3-4-10/h5-6,9-10,14H,2-4,7-8H2,1H3/t9-/m1/s1. The summed E-state index contributed by atoms with van der Waals surface area (Å²) in [5.74, 6) is 0.0700. The van der Waals surface area contributed by atoms with Crippen molar-refractivity contribution in [1.29, 1.82) is 0 Å². The maximum atomic E-state index is 12.3. The fraction of sp³-hybridized carbons (Fsp3) is 0.615. The average Bonchev–Trinajstić information content (AvgIpc) is 2.98. The van der Waals surface area contributed by atoms with E-state index in [9.17, 15) is 13.2 Å². The van der Waals surface area contributed by atoms with Gasteiger partial charge in [0.1, 0.15) is 4.21 Å². The van der Waals surface area contributed by atoms with Crippen molar-refractivity contribution in [3.8, 4) is 0 Å². The first-order valence-electron chi connectivity index (χ1n) is 6.90. The molecular weight excluding hydrogens is 296 g/mol. The molecule has 1 amide bonds. The van der Waals surface area contributed by atoms with Crippen LogP contribution in [0.5, 0.6) is 0 Å². The van der Waals surface area contributed by atoms with Crippen molar-refractivity contribution in [2.45, 2.75) is 48.9 Å². The Bertz CT molecular complexity index is 619. The number of hydrogen-bond acceptors (Lipinski definition) is 4. The maximum Gasteiger partial charge on any atom is 0.250 e. The topological polar surface area (TPSA) is 66.5 Å². The van der Waals surface area contributed by atoms with E-state index in [0.29, 0.717) is 16.8 Å². The summed E-state index contributed by atoms with van der Waals surface area (Å²) in [6.45, 7) is 2.51. The molecule has 0 unspecified atom stereocenters. The molecular formula is C13H18N2O3S2. The lowest BCUT2D eigenvalue weighted by Crippen LogP contribution is -2.37. The van der Waals surface area contributed by atoms with Gasteiger partial charge in [0.25, 0.3) is 0 Å². The summed E-state index contributed by atoms with van der Waals surface area (Å²) < 4.78 is 27.6. The second kappa shape index (κ2) is 5.13. The van der Waals surface area contributed by atoms with E-state index in [1.165, 1.54) is 11.3 Å². The largest absolute Gasteiger partial charge is 0.338 e. The van der Waals surface area contributed by atoms with Crippen LogP contribution in [-0.2, 0) is 21.2 Å². The highest BCUT2D eigenvalue weighted by Crippen LogP contribution is 2.31. The molecule has 2 aliphatic rings. The third-order valence-electron chi connectivity index (χ3n) is 3.72. The SMILES string of the molecule is CCc1ccc(S(=O)(=O)N[C@@H]2CC(=O)N(C3CC3)C2)s1. The number of carbonyl (C=O) groups excluding carboxylic acids is 1. The van der Waals surface area contributed by atoms with Gasteiger partial charge in [-0.15, -0.1) is 11.3 Å². The number of nitrogens with one attached hydrogen (secondary N) is 1. The molecule has 1 saturated carbocycles. The van der Waals surface area contributed by atoms with Crippen molar-refractivity contribution in [3.63, 3.8) is 0 Å². The fourth-order valence-corrected chi connectivity index (χ4v) is 5.06. The summed E-state index contributed by atoms with van der Waals surface area (Å²) in [6.07, 6.45) is 3.21. The van der Waals surface area contributed by atoms with Crippen molar-refractivity contribution in [2.75, 3.05) is 6.54 Å². The minimum Gasteiger partial charge on any atom is -0.338 e. The Morgan fingerprint density at radius 3 is 2.75 bits per heavy atom. The molecule has 5 nitrogen and oxygen atoms in total. The molecule has 1 aliphatic heterocycles. The van der Waals surface area contributed by atoms with E-state index in [1.807, 2.05) is 17.9 Å². The summed E-state index contributed by atoms with van der Waals surface area (Å²) in [7, 11) is -3.50. The number of likely N-dealkylation sites (tertiary alicyclic amines) is 1. The first kappa shape index (κ1) is 14.0. The maximum absolute atomic E-state index is 12.3. The number of rotatable bonds is 5. The van der Waals surface area contributed by atoms with Crippen molar-refractivity contribution in [1.82, 2.24) is 9.62 Å². The molecule has 3 rings (SSSR count). The van der Waals surface area contributed by atoms with Crippen LogP contribution in [0.3, 0.4) is 0 Å². The summed E-state index contributed by atoms with van der Waals surface area (Å²) in [5.41, 5.74) is 0. The Morgan fingerprint density at radius 1 is 1.40 bits per heavy atom. The number of nitrogens with zero attached hydrogens (tertiary/aromatic N) is 1. The normalized spacial score (nSPS) is 23.6. The highest BCUT2D eigenvalue weighted by Gasteiger charge is 2.40. The van der Waals surface area contributed by atoms with E-state index >= 15 is 0 Å². The van der Waals surface area contributed by atoms with Crippen LogP contribution in [-0.4, -0.2) is 37.9 Å². The molecule has 110 valence electrons. The molecule has 0 bridgehead atoms. The smallest absolute Gasteiger partial charge is 0.250 e. The summed E-state index contributed by atoms with van der Waals surface area (Å²) in [6, 6.07) is 3.54. The zero-order chi connectivity index (χ0) is 14.3. The van der Waals surface area contributed by atoms with E-state index in [4.69, 9.17) is 0 Å². The quantitative estimate of drug-likeness (QED) is 0.892. The lowest BCUT2D eigenvalue weighted by Gasteiger charge is -2.15. The van der Waals surface area contributed by atoms with Crippen molar-refractivity contribution < 1.29 is 13.2 Å². The molecule has 0 aromatic carbocycles. The van der Waals surface area contributed by atoms with Gasteiger partial charge >= 0.3 is 0 Å². The predicted octanol–water partition coefficient (Wildman–Crippen LogP) is 1.35. The van der Waals surface area contributed by atoms with Gasteiger partial charge in [-0.2, -0.15) is 0 Å². The Balaban J connectivity index is 1.69. The van der Waals surface area contributed by atoms with Gasteiger partial charge in [0, 0.05) is 29.9 Å². The predicted molar refractivity (Wildman–Crippen MR) is 77.2 cm³/mol.